The highest BCUT2D eigenvalue weighted by atomic mass is 79.9. The number of benzene rings is 1. The molecule has 21 heavy (non-hydrogen) atoms. The fourth-order valence-electron chi connectivity index (χ4n) is 2.10. The van der Waals surface area contributed by atoms with Crippen molar-refractivity contribution in [2.75, 3.05) is 13.1 Å². The van der Waals surface area contributed by atoms with E-state index >= 15 is 0 Å². The van der Waals surface area contributed by atoms with Gasteiger partial charge >= 0.3 is 5.97 Å². The van der Waals surface area contributed by atoms with E-state index in [4.69, 9.17) is 5.11 Å². The van der Waals surface area contributed by atoms with Crippen LogP contribution in [0.3, 0.4) is 0 Å². The minimum Gasteiger partial charge on any atom is -0.481 e. The molecule has 1 saturated heterocycles. The second-order valence-corrected chi connectivity index (χ2v) is 7.32. The van der Waals surface area contributed by atoms with E-state index in [0.29, 0.717) is 0 Å². The summed E-state index contributed by atoms with van der Waals surface area (Å²) < 4.78 is 26.0. The zero-order chi connectivity index (χ0) is 15.8. The largest absolute Gasteiger partial charge is 0.481 e. The summed E-state index contributed by atoms with van der Waals surface area (Å²) >= 11 is 3.02. The Morgan fingerprint density at radius 3 is 2.62 bits per heavy atom. The van der Waals surface area contributed by atoms with E-state index in [2.05, 4.69) is 15.9 Å². The van der Waals surface area contributed by atoms with Crippen molar-refractivity contribution in [3.63, 3.8) is 0 Å². The maximum Gasteiger partial charge on any atom is 0.307 e. The van der Waals surface area contributed by atoms with Crippen molar-refractivity contribution in [2.45, 2.75) is 11.3 Å². The molecule has 1 aromatic rings. The number of nitrogens with zero attached hydrogens (tertiary/aromatic N) is 2. The molecule has 0 aromatic heterocycles. The standard InChI is InChI=1S/C11H11BrN2O6S/c12-9-5-8(14(17)18)1-2-10(9)21(19,20)13-4-3-7(6-13)11(15)16/h1-2,5,7H,3-4,6H2,(H,15,16). The van der Waals surface area contributed by atoms with Gasteiger partial charge in [-0.3, -0.25) is 14.9 Å². The minimum absolute atomic E-state index is 0.0791. The Balaban J connectivity index is 2.33. The van der Waals surface area contributed by atoms with Gasteiger partial charge < -0.3 is 5.11 Å². The summed E-state index contributed by atoms with van der Waals surface area (Å²) in [6.07, 6.45) is 0.249. The summed E-state index contributed by atoms with van der Waals surface area (Å²) in [4.78, 5) is 20.8. The molecule has 0 spiro atoms. The number of nitro benzene ring substituents is 1. The Kier molecular flexibility index (Phi) is 4.30. The smallest absolute Gasteiger partial charge is 0.307 e. The molecule has 0 radical (unpaired) electrons. The number of aliphatic carboxylic acids is 1. The van der Waals surface area contributed by atoms with Crippen molar-refractivity contribution < 1.29 is 23.2 Å². The molecular formula is C11H11BrN2O6S. The fraction of sp³-hybridized carbons (Fsp3) is 0.364. The predicted molar refractivity (Wildman–Crippen MR) is 75.3 cm³/mol. The van der Waals surface area contributed by atoms with Crippen molar-refractivity contribution >= 4 is 37.6 Å². The molecule has 1 aliphatic heterocycles. The van der Waals surface area contributed by atoms with Crippen molar-refractivity contribution in [3.05, 3.63) is 32.8 Å². The third kappa shape index (κ3) is 3.06. The number of carboxylic acid groups (broad SMARTS) is 1. The molecule has 1 aliphatic rings. The van der Waals surface area contributed by atoms with Crippen LogP contribution < -0.4 is 0 Å². The van der Waals surface area contributed by atoms with Gasteiger partial charge in [0, 0.05) is 29.7 Å². The van der Waals surface area contributed by atoms with Crippen LogP contribution in [0.4, 0.5) is 5.69 Å². The van der Waals surface area contributed by atoms with Gasteiger partial charge in [0.2, 0.25) is 10.0 Å². The molecule has 1 atom stereocenters. The first-order valence-corrected chi connectivity index (χ1v) is 8.13. The lowest BCUT2D eigenvalue weighted by molar-refractivity contribution is -0.385. The fourth-order valence-corrected chi connectivity index (χ4v) is 4.63. The summed E-state index contributed by atoms with van der Waals surface area (Å²) in [5.74, 6) is -1.76. The van der Waals surface area contributed by atoms with Crippen LogP contribution in [-0.2, 0) is 14.8 Å². The van der Waals surface area contributed by atoms with E-state index in [1.165, 1.54) is 0 Å². The molecule has 1 heterocycles. The van der Waals surface area contributed by atoms with Gasteiger partial charge in [-0.15, -0.1) is 0 Å². The minimum atomic E-state index is -3.88. The number of non-ortho nitro benzene ring substituents is 1. The van der Waals surface area contributed by atoms with Crippen LogP contribution >= 0.6 is 15.9 Å². The maximum atomic E-state index is 12.4. The number of nitro groups is 1. The Bertz CT molecular complexity index is 705. The lowest BCUT2D eigenvalue weighted by Gasteiger charge is -2.16. The predicted octanol–water partition coefficient (Wildman–Crippen LogP) is 1.45. The first-order chi connectivity index (χ1) is 9.73. The average molecular weight is 379 g/mol. The molecule has 2 rings (SSSR count). The summed E-state index contributed by atoms with van der Waals surface area (Å²) in [7, 11) is -3.88. The molecule has 1 N–H and O–H groups in total. The van der Waals surface area contributed by atoms with Crippen molar-refractivity contribution in [2.24, 2.45) is 5.92 Å². The number of sulfonamides is 1. The van der Waals surface area contributed by atoms with Crippen LogP contribution in [0.15, 0.2) is 27.6 Å². The van der Waals surface area contributed by atoms with Crippen LogP contribution in [0.1, 0.15) is 6.42 Å². The van der Waals surface area contributed by atoms with E-state index in [9.17, 15) is 23.3 Å². The van der Waals surface area contributed by atoms with E-state index in [-0.39, 0.29) is 34.6 Å². The SMILES string of the molecule is O=C(O)C1CCN(S(=O)(=O)c2ccc([N+](=O)[O-])cc2Br)C1. The summed E-state index contributed by atoms with van der Waals surface area (Å²) in [5, 5.41) is 19.6. The third-order valence-electron chi connectivity index (χ3n) is 3.24. The van der Waals surface area contributed by atoms with Gasteiger partial charge in [0.25, 0.3) is 5.69 Å². The molecule has 1 aromatic carbocycles. The monoisotopic (exact) mass is 378 g/mol. The lowest BCUT2D eigenvalue weighted by atomic mass is 10.1. The van der Waals surface area contributed by atoms with Crippen LogP contribution in [0.25, 0.3) is 0 Å². The first-order valence-electron chi connectivity index (χ1n) is 5.90. The van der Waals surface area contributed by atoms with Crippen LogP contribution in [0.5, 0.6) is 0 Å². The molecule has 1 unspecified atom stereocenters. The normalized spacial score (nSPS) is 19.6. The highest BCUT2D eigenvalue weighted by molar-refractivity contribution is 9.10. The van der Waals surface area contributed by atoms with Crippen LogP contribution in [0, 0.1) is 16.0 Å². The molecule has 0 saturated carbocycles. The number of rotatable bonds is 4. The summed E-state index contributed by atoms with van der Waals surface area (Å²) in [6, 6.07) is 3.35. The van der Waals surface area contributed by atoms with E-state index in [1.807, 2.05) is 0 Å². The van der Waals surface area contributed by atoms with Crippen molar-refractivity contribution in [3.8, 4) is 0 Å². The molecule has 0 bridgehead atoms. The molecule has 114 valence electrons. The van der Waals surface area contributed by atoms with Crippen molar-refractivity contribution in [1.82, 2.24) is 4.31 Å². The first kappa shape index (κ1) is 15.9. The van der Waals surface area contributed by atoms with Crippen LogP contribution in [0.2, 0.25) is 0 Å². The quantitative estimate of drug-likeness (QED) is 0.625. The van der Waals surface area contributed by atoms with Crippen LogP contribution in [-0.4, -0.2) is 41.8 Å². The Morgan fingerprint density at radius 2 is 2.14 bits per heavy atom. The zero-order valence-electron chi connectivity index (χ0n) is 10.6. The zero-order valence-corrected chi connectivity index (χ0v) is 13.0. The molecule has 0 amide bonds. The molecule has 1 fully saturated rings. The Hall–Kier alpha value is -1.52. The van der Waals surface area contributed by atoms with E-state index < -0.39 is 26.8 Å². The number of carbonyl (C=O) groups is 1. The van der Waals surface area contributed by atoms with Crippen molar-refractivity contribution in [1.29, 1.82) is 0 Å². The highest BCUT2D eigenvalue weighted by Gasteiger charge is 2.36. The Morgan fingerprint density at radius 1 is 1.48 bits per heavy atom. The van der Waals surface area contributed by atoms with Gasteiger partial charge in [-0.25, -0.2) is 8.42 Å². The van der Waals surface area contributed by atoms with Gasteiger partial charge in [0.15, 0.2) is 0 Å². The second kappa shape index (κ2) is 5.70. The summed E-state index contributed by atoms with van der Waals surface area (Å²) in [5.41, 5.74) is -0.231. The van der Waals surface area contributed by atoms with E-state index in [0.717, 1.165) is 22.5 Å². The number of hydrogen-bond acceptors (Lipinski definition) is 5. The molecule has 10 heteroatoms. The topological polar surface area (TPSA) is 118 Å². The molecule has 8 nitrogen and oxygen atoms in total. The number of halogens is 1. The maximum absolute atomic E-state index is 12.4. The second-order valence-electron chi connectivity index (χ2n) is 4.56. The number of hydrogen-bond donors (Lipinski definition) is 1. The average Bonchev–Trinajstić information content (AvgIpc) is 2.88. The third-order valence-corrected chi connectivity index (χ3v) is 6.09. The molecule has 0 aliphatic carbocycles. The summed E-state index contributed by atoms with van der Waals surface area (Å²) in [6.45, 7) is 0.0177. The van der Waals surface area contributed by atoms with Gasteiger partial charge in [-0.2, -0.15) is 4.31 Å². The van der Waals surface area contributed by atoms with Gasteiger partial charge in [-0.05, 0) is 28.4 Å². The van der Waals surface area contributed by atoms with Gasteiger partial charge in [0.05, 0.1) is 15.7 Å². The molecular weight excluding hydrogens is 368 g/mol. The van der Waals surface area contributed by atoms with Gasteiger partial charge in [0.1, 0.15) is 0 Å². The number of carboxylic acids is 1. The lowest BCUT2D eigenvalue weighted by Crippen LogP contribution is -2.30. The Labute approximate surface area is 128 Å². The van der Waals surface area contributed by atoms with E-state index in [1.54, 1.807) is 0 Å². The highest BCUT2D eigenvalue weighted by Crippen LogP contribution is 2.31. The van der Waals surface area contributed by atoms with Gasteiger partial charge in [-0.1, -0.05) is 0 Å².